The lowest BCUT2D eigenvalue weighted by atomic mass is 10.1. The maximum atomic E-state index is 12.2. The number of benzene rings is 2. The van der Waals surface area contributed by atoms with Crippen molar-refractivity contribution in [2.45, 2.75) is 20.8 Å². The molecule has 0 aromatic heterocycles. The molecule has 0 unspecified atom stereocenters. The van der Waals surface area contributed by atoms with Gasteiger partial charge >= 0.3 is 12.1 Å². The molecule has 0 aliphatic rings. The van der Waals surface area contributed by atoms with Gasteiger partial charge < -0.3 is 19.1 Å². The molecule has 2 aromatic carbocycles. The average Bonchev–Trinajstić information content (AvgIpc) is 2.64. The fourth-order valence-corrected chi connectivity index (χ4v) is 2.60. The Kier molecular flexibility index (Phi) is 6.22. The first-order valence-electron chi connectivity index (χ1n) is 8.37. The molecule has 0 amide bonds. The number of rotatable bonds is 6. The van der Waals surface area contributed by atoms with Crippen LogP contribution in [0.1, 0.15) is 20.8 Å². The highest BCUT2D eigenvalue weighted by atomic mass is 16.7. The molecule has 0 heterocycles. The van der Waals surface area contributed by atoms with Crippen LogP contribution in [-0.2, 0) is 9.53 Å². The summed E-state index contributed by atoms with van der Waals surface area (Å²) in [6, 6.07) is 8.93. The van der Waals surface area contributed by atoms with Crippen LogP contribution in [0.3, 0.4) is 0 Å². The van der Waals surface area contributed by atoms with Gasteiger partial charge in [0, 0.05) is 35.5 Å². The predicted octanol–water partition coefficient (Wildman–Crippen LogP) is 4.31. The highest BCUT2D eigenvalue weighted by Crippen LogP contribution is 2.42. The number of fused-ring (bicyclic) bond motifs is 1. The Bertz CT molecular complexity index is 839. The second-order valence-electron chi connectivity index (χ2n) is 5.67. The summed E-state index contributed by atoms with van der Waals surface area (Å²) >= 11 is 0. The van der Waals surface area contributed by atoms with E-state index >= 15 is 0 Å². The third-order valence-corrected chi connectivity index (χ3v) is 3.94. The van der Waals surface area contributed by atoms with Crippen LogP contribution in [0.4, 0.5) is 10.5 Å². The highest BCUT2D eigenvalue weighted by Gasteiger charge is 2.21. The van der Waals surface area contributed by atoms with E-state index in [0.717, 1.165) is 0 Å². The van der Waals surface area contributed by atoms with E-state index < -0.39 is 12.1 Å². The van der Waals surface area contributed by atoms with Gasteiger partial charge in [-0.2, -0.15) is 0 Å². The van der Waals surface area contributed by atoms with Crippen LogP contribution in [-0.4, -0.2) is 32.3 Å². The fourth-order valence-electron chi connectivity index (χ4n) is 2.60. The fraction of sp³-hybridized carbons (Fsp3) is 0.300. The number of hydrogen-bond donors (Lipinski definition) is 0. The van der Waals surface area contributed by atoms with Crippen molar-refractivity contribution < 1.29 is 23.8 Å². The molecule has 26 heavy (non-hydrogen) atoms. The molecule has 2 aromatic rings. The van der Waals surface area contributed by atoms with Crippen LogP contribution in [0.25, 0.3) is 10.8 Å². The SMILES string of the molecule is C=C(C)C(=O)Oc1c(N(CC)CC)cc(OC(=O)OC)c2ccccc12. The van der Waals surface area contributed by atoms with E-state index in [-0.39, 0.29) is 0 Å². The molecule has 0 bridgehead atoms. The molecule has 2 rings (SSSR count). The molecule has 0 saturated carbocycles. The standard InChI is InChI=1S/C20H23NO5/c1-6-21(7-2)16-12-17(25-20(23)24-5)14-10-8-9-11-15(14)18(16)26-19(22)13(3)4/h8-12H,3,6-7H2,1-2,4-5H3. The summed E-state index contributed by atoms with van der Waals surface area (Å²) in [5.41, 5.74) is 0.955. The lowest BCUT2D eigenvalue weighted by Crippen LogP contribution is -2.23. The zero-order valence-electron chi connectivity index (χ0n) is 15.5. The van der Waals surface area contributed by atoms with Gasteiger partial charge in [-0.1, -0.05) is 30.8 Å². The number of carbonyl (C=O) groups excluding carboxylic acids is 2. The van der Waals surface area contributed by atoms with Crippen molar-refractivity contribution in [2.24, 2.45) is 0 Å². The largest absolute Gasteiger partial charge is 0.513 e. The molecule has 0 radical (unpaired) electrons. The van der Waals surface area contributed by atoms with E-state index in [0.29, 0.717) is 46.6 Å². The first kappa shape index (κ1) is 19.3. The van der Waals surface area contributed by atoms with Crippen LogP contribution in [0.2, 0.25) is 0 Å². The first-order chi connectivity index (χ1) is 12.4. The third kappa shape index (κ3) is 3.96. The Hall–Kier alpha value is -3.02. The Morgan fingerprint density at radius 1 is 1.08 bits per heavy atom. The second-order valence-corrected chi connectivity index (χ2v) is 5.67. The van der Waals surface area contributed by atoms with Crippen LogP contribution >= 0.6 is 0 Å². The lowest BCUT2D eigenvalue weighted by molar-refractivity contribution is -0.129. The first-order valence-corrected chi connectivity index (χ1v) is 8.37. The summed E-state index contributed by atoms with van der Waals surface area (Å²) < 4.78 is 15.6. The number of anilines is 1. The summed E-state index contributed by atoms with van der Waals surface area (Å²) in [6.45, 7) is 10.6. The summed E-state index contributed by atoms with van der Waals surface area (Å²) in [7, 11) is 1.25. The summed E-state index contributed by atoms with van der Waals surface area (Å²) in [5.74, 6) is 0.240. The van der Waals surface area contributed by atoms with Gasteiger partial charge in [-0.25, -0.2) is 9.59 Å². The molecule has 0 N–H and O–H groups in total. The van der Waals surface area contributed by atoms with Crippen molar-refractivity contribution in [1.29, 1.82) is 0 Å². The molecule has 0 spiro atoms. The number of nitrogens with zero attached hydrogens (tertiary/aromatic N) is 1. The topological polar surface area (TPSA) is 65.1 Å². The van der Waals surface area contributed by atoms with Crippen molar-refractivity contribution in [1.82, 2.24) is 0 Å². The van der Waals surface area contributed by atoms with Crippen LogP contribution in [0.15, 0.2) is 42.5 Å². The Labute approximate surface area is 152 Å². The second kappa shape index (κ2) is 8.38. The van der Waals surface area contributed by atoms with E-state index in [9.17, 15) is 9.59 Å². The third-order valence-electron chi connectivity index (χ3n) is 3.94. The van der Waals surface area contributed by atoms with E-state index in [1.165, 1.54) is 7.11 Å². The molecule has 0 saturated heterocycles. The van der Waals surface area contributed by atoms with Crippen molar-refractivity contribution >= 4 is 28.6 Å². The van der Waals surface area contributed by atoms with E-state index in [1.807, 2.05) is 36.9 Å². The zero-order valence-corrected chi connectivity index (χ0v) is 15.5. The van der Waals surface area contributed by atoms with Crippen LogP contribution < -0.4 is 14.4 Å². The van der Waals surface area contributed by atoms with E-state index in [4.69, 9.17) is 9.47 Å². The minimum absolute atomic E-state index is 0.300. The average molecular weight is 357 g/mol. The molecule has 0 aliphatic heterocycles. The molecular weight excluding hydrogens is 334 g/mol. The number of hydrogen-bond acceptors (Lipinski definition) is 6. The highest BCUT2D eigenvalue weighted by molar-refractivity contribution is 6.02. The lowest BCUT2D eigenvalue weighted by Gasteiger charge is -2.25. The summed E-state index contributed by atoms with van der Waals surface area (Å²) in [5, 5.41) is 1.30. The van der Waals surface area contributed by atoms with Crippen molar-refractivity contribution in [2.75, 3.05) is 25.1 Å². The van der Waals surface area contributed by atoms with Gasteiger partial charge in [0.15, 0.2) is 5.75 Å². The molecule has 0 aliphatic carbocycles. The van der Waals surface area contributed by atoms with Crippen molar-refractivity contribution in [3.8, 4) is 11.5 Å². The summed E-state index contributed by atoms with van der Waals surface area (Å²) in [4.78, 5) is 25.8. The minimum Gasteiger partial charge on any atom is -0.437 e. The molecular formula is C20H23NO5. The quantitative estimate of drug-likeness (QED) is 0.332. The van der Waals surface area contributed by atoms with E-state index in [2.05, 4.69) is 11.3 Å². The van der Waals surface area contributed by atoms with Gasteiger partial charge in [0.1, 0.15) is 5.75 Å². The normalized spacial score (nSPS) is 10.3. The Morgan fingerprint density at radius 2 is 1.69 bits per heavy atom. The smallest absolute Gasteiger partial charge is 0.437 e. The van der Waals surface area contributed by atoms with Gasteiger partial charge in [0.05, 0.1) is 12.8 Å². The monoisotopic (exact) mass is 357 g/mol. The predicted molar refractivity (Wildman–Crippen MR) is 101 cm³/mol. The number of methoxy groups -OCH3 is 1. The number of esters is 1. The maximum absolute atomic E-state index is 12.2. The van der Waals surface area contributed by atoms with Crippen molar-refractivity contribution in [3.05, 3.63) is 42.5 Å². The Morgan fingerprint density at radius 3 is 2.23 bits per heavy atom. The molecule has 138 valence electrons. The van der Waals surface area contributed by atoms with Gasteiger partial charge in [0.2, 0.25) is 0 Å². The zero-order chi connectivity index (χ0) is 19.3. The number of carbonyl (C=O) groups is 2. The van der Waals surface area contributed by atoms with Gasteiger partial charge in [-0.15, -0.1) is 0 Å². The maximum Gasteiger partial charge on any atom is 0.513 e. The summed E-state index contributed by atoms with van der Waals surface area (Å²) in [6.07, 6.45) is -0.813. The van der Waals surface area contributed by atoms with Crippen LogP contribution in [0.5, 0.6) is 11.5 Å². The molecule has 6 heteroatoms. The molecule has 0 atom stereocenters. The van der Waals surface area contributed by atoms with Crippen LogP contribution in [0, 0.1) is 0 Å². The Balaban J connectivity index is 2.74. The van der Waals surface area contributed by atoms with Crippen molar-refractivity contribution in [3.63, 3.8) is 0 Å². The number of ether oxygens (including phenoxy) is 3. The van der Waals surface area contributed by atoms with Gasteiger partial charge in [-0.3, -0.25) is 0 Å². The molecule has 6 nitrogen and oxygen atoms in total. The van der Waals surface area contributed by atoms with E-state index in [1.54, 1.807) is 19.1 Å². The van der Waals surface area contributed by atoms with Gasteiger partial charge in [0.25, 0.3) is 0 Å². The minimum atomic E-state index is -0.813. The van der Waals surface area contributed by atoms with Gasteiger partial charge in [-0.05, 0) is 20.8 Å². The molecule has 0 fully saturated rings.